The second-order valence-electron chi connectivity index (χ2n) is 8.25. The molecule has 2 aromatic rings. The van der Waals surface area contributed by atoms with Crippen LogP contribution in [0.25, 0.3) is 6.08 Å². The molecule has 0 spiro atoms. The number of methoxy groups -OCH3 is 2. The number of esters is 1. The highest BCUT2D eigenvalue weighted by Gasteiger charge is 2.35. The van der Waals surface area contributed by atoms with E-state index in [2.05, 4.69) is 10.1 Å². The SMILES string of the molecule is COC(=O)c1ccc(CN2C(=O)N/C(=C\c3cc(OC)c(OCC(=O)N4CCOCC4)c([N+](=O)[O-])c3)C2=O)o1. The number of rotatable bonds is 9. The Labute approximate surface area is 221 Å². The first-order valence-electron chi connectivity index (χ1n) is 11.6. The molecule has 2 fully saturated rings. The summed E-state index contributed by atoms with van der Waals surface area (Å²) in [5, 5.41) is 14.2. The second-order valence-corrected chi connectivity index (χ2v) is 8.25. The van der Waals surface area contributed by atoms with Gasteiger partial charge in [-0.1, -0.05) is 0 Å². The molecule has 0 unspecified atom stereocenters. The molecule has 0 bridgehead atoms. The molecule has 2 aliphatic rings. The fourth-order valence-electron chi connectivity index (χ4n) is 3.87. The van der Waals surface area contributed by atoms with Gasteiger partial charge in [0.25, 0.3) is 11.8 Å². The zero-order valence-electron chi connectivity index (χ0n) is 21.0. The Kier molecular flexibility index (Phi) is 8.10. The van der Waals surface area contributed by atoms with Crippen LogP contribution in [0.15, 0.2) is 34.4 Å². The fourth-order valence-corrected chi connectivity index (χ4v) is 3.87. The lowest BCUT2D eigenvalue weighted by atomic mass is 10.1. The summed E-state index contributed by atoms with van der Waals surface area (Å²) in [5.41, 5.74) is -0.510. The van der Waals surface area contributed by atoms with Crippen molar-refractivity contribution < 1.29 is 47.5 Å². The van der Waals surface area contributed by atoms with E-state index in [0.717, 1.165) is 11.0 Å². The van der Waals surface area contributed by atoms with Crippen LogP contribution in [0, 0.1) is 10.1 Å². The number of ether oxygens (including phenoxy) is 4. The summed E-state index contributed by atoms with van der Waals surface area (Å²) < 4.78 is 25.8. The van der Waals surface area contributed by atoms with Gasteiger partial charge >= 0.3 is 17.7 Å². The summed E-state index contributed by atoms with van der Waals surface area (Å²) in [6.07, 6.45) is 1.24. The summed E-state index contributed by atoms with van der Waals surface area (Å²) in [6, 6.07) is 4.50. The maximum absolute atomic E-state index is 12.9. The molecule has 206 valence electrons. The normalized spacial score (nSPS) is 16.3. The minimum absolute atomic E-state index is 0.0506. The molecule has 15 nitrogen and oxygen atoms in total. The van der Waals surface area contributed by atoms with Crippen molar-refractivity contribution in [2.24, 2.45) is 0 Å². The number of furan rings is 1. The zero-order chi connectivity index (χ0) is 28.1. The van der Waals surface area contributed by atoms with Gasteiger partial charge in [0, 0.05) is 19.2 Å². The van der Waals surface area contributed by atoms with Crippen molar-refractivity contribution in [2.75, 3.05) is 47.1 Å². The number of nitro groups is 1. The summed E-state index contributed by atoms with van der Waals surface area (Å²) >= 11 is 0. The third kappa shape index (κ3) is 5.98. The topological polar surface area (TPSA) is 180 Å². The first-order chi connectivity index (χ1) is 18.7. The monoisotopic (exact) mass is 544 g/mol. The molecule has 0 aliphatic carbocycles. The van der Waals surface area contributed by atoms with Crippen LogP contribution in [0.2, 0.25) is 0 Å². The van der Waals surface area contributed by atoms with E-state index in [9.17, 15) is 29.3 Å². The summed E-state index contributed by atoms with van der Waals surface area (Å²) in [4.78, 5) is 62.8. The highest BCUT2D eigenvalue weighted by Crippen LogP contribution is 2.39. The number of nitrogens with zero attached hydrogens (tertiary/aromatic N) is 3. The Morgan fingerprint density at radius 1 is 1.18 bits per heavy atom. The predicted molar refractivity (Wildman–Crippen MR) is 130 cm³/mol. The van der Waals surface area contributed by atoms with Crippen LogP contribution in [0.5, 0.6) is 11.5 Å². The van der Waals surface area contributed by atoms with Gasteiger partial charge in [-0.05, 0) is 29.8 Å². The maximum Gasteiger partial charge on any atom is 0.373 e. The van der Waals surface area contributed by atoms with Gasteiger partial charge in [0.05, 0.1) is 38.9 Å². The molecule has 1 N–H and O–H groups in total. The van der Waals surface area contributed by atoms with Gasteiger partial charge in [0.15, 0.2) is 12.4 Å². The Balaban J connectivity index is 1.53. The Bertz CT molecular complexity index is 1340. The molecule has 0 saturated carbocycles. The van der Waals surface area contributed by atoms with Crippen LogP contribution in [0.4, 0.5) is 10.5 Å². The molecule has 4 amide bonds. The van der Waals surface area contributed by atoms with Crippen LogP contribution in [0.1, 0.15) is 21.9 Å². The average molecular weight is 544 g/mol. The third-order valence-corrected chi connectivity index (χ3v) is 5.81. The van der Waals surface area contributed by atoms with Gasteiger partial charge in [-0.25, -0.2) is 9.59 Å². The summed E-state index contributed by atoms with van der Waals surface area (Å²) in [7, 11) is 2.45. The number of nitrogens with one attached hydrogen (secondary N) is 1. The molecule has 2 saturated heterocycles. The van der Waals surface area contributed by atoms with Gasteiger partial charge < -0.3 is 33.6 Å². The molecule has 15 heteroatoms. The highest BCUT2D eigenvalue weighted by molar-refractivity contribution is 6.13. The van der Waals surface area contributed by atoms with Crippen molar-refractivity contribution in [1.82, 2.24) is 15.1 Å². The molecular weight excluding hydrogens is 520 g/mol. The number of hydrogen-bond donors (Lipinski definition) is 1. The molecule has 4 rings (SSSR count). The first kappa shape index (κ1) is 27.1. The number of carbonyl (C=O) groups excluding carboxylic acids is 4. The van der Waals surface area contributed by atoms with Crippen molar-refractivity contribution >= 4 is 35.6 Å². The standard InChI is InChI=1S/C24H24N4O11/c1-35-19-11-14(10-17(28(33)34)21(19)38-13-20(29)26-5-7-37-8-6-26)9-16-22(30)27(24(32)25-16)12-15-3-4-18(39-15)23(31)36-2/h3-4,9-11H,5-8,12-13H2,1-2H3,(H,25,32)/b16-9-. The first-order valence-corrected chi connectivity index (χ1v) is 11.6. The van der Waals surface area contributed by atoms with E-state index in [-0.39, 0.29) is 46.7 Å². The molecular formula is C24H24N4O11. The van der Waals surface area contributed by atoms with E-state index >= 15 is 0 Å². The maximum atomic E-state index is 12.9. The largest absolute Gasteiger partial charge is 0.493 e. The number of imide groups is 1. The van der Waals surface area contributed by atoms with Gasteiger partial charge in [-0.2, -0.15) is 0 Å². The Morgan fingerprint density at radius 2 is 1.92 bits per heavy atom. The van der Waals surface area contributed by atoms with Crippen molar-refractivity contribution in [1.29, 1.82) is 0 Å². The minimum Gasteiger partial charge on any atom is -0.493 e. The van der Waals surface area contributed by atoms with Crippen molar-refractivity contribution in [2.45, 2.75) is 6.54 Å². The van der Waals surface area contributed by atoms with Gasteiger partial charge in [-0.3, -0.25) is 24.6 Å². The zero-order valence-corrected chi connectivity index (χ0v) is 21.0. The number of nitro benzene ring substituents is 1. The molecule has 1 aromatic carbocycles. The molecule has 1 aromatic heterocycles. The molecule has 0 radical (unpaired) electrons. The van der Waals surface area contributed by atoms with Crippen molar-refractivity contribution in [3.05, 3.63) is 57.2 Å². The lowest BCUT2D eigenvalue weighted by Gasteiger charge is -2.26. The van der Waals surface area contributed by atoms with Crippen molar-refractivity contribution in [3.8, 4) is 11.5 Å². The number of urea groups is 1. The average Bonchev–Trinajstić information content (AvgIpc) is 3.51. The van der Waals surface area contributed by atoms with E-state index in [1.165, 1.54) is 43.4 Å². The summed E-state index contributed by atoms with van der Waals surface area (Å²) in [5.74, 6) is -2.05. The number of carbonyl (C=O) groups is 4. The van der Waals surface area contributed by atoms with Gasteiger partial charge in [0.2, 0.25) is 11.5 Å². The Hall–Kier alpha value is -4.92. The van der Waals surface area contributed by atoms with Crippen LogP contribution in [-0.4, -0.2) is 85.7 Å². The van der Waals surface area contributed by atoms with Crippen LogP contribution >= 0.6 is 0 Å². The second kappa shape index (κ2) is 11.6. The molecule has 3 heterocycles. The van der Waals surface area contributed by atoms with E-state index in [1.54, 1.807) is 0 Å². The Morgan fingerprint density at radius 3 is 2.59 bits per heavy atom. The highest BCUT2D eigenvalue weighted by atomic mass is 16.6. The number of benzene rings is 1. The van der Waals surface area contributed by atoms with Gasteiger partial charge in [0.1, 0.15) is 11.5 Å². The van der Waals surface area contributed by atoms with Crippen LogP contribution < -0.4 is 14.8 Å². The molecule has 2 aliphatic heterocycles. The lowest BCUT2D eigenvalue weighted by molar-refractivity contribution is -0.385. The van der Waals surface area contributed by atoms with Crippen LogP contribution in [-0.2, 0) is 25.6 Å². The quantitative estimate of drug-likeness (QED) is 0.158. The van der Waals surface area contributed by atoms with E-state index in [0.29, 0.717) is 26.3 Å². The summed E-state index contributed by atoms with van der Waals surface area (Å²) in [6.45, 7) is 0.828. The smallest absolute Gasteiger partial charge is 0.373 e. The number of hydrogen-bond acceptors (Lipinski definition) is 11. The minimum atomic E-state index is -0.759. The van der Waals surface area contributed by atoms with Gasteiger partial charge in [-0.15, -0.1) is 0 Å². The number of amides is 4. The van der Waals surface area contributed by atoms with Crippen LogP contribution in [0.3, 0.4) is 0 Å². The third-order valence-electron chi connectivity index (χ3n) is 5.81. The molecule has 39 heavy (non-hydrogen) atoms. The van der Waals surface area contributed by atoms with E-state index in [1.807, 2.05) is 0 Å². The van der Waals surface area contributed by atoms with Crippen molar-refractivity contribution in [3.63, 3.8) is 0 Å². The number of morpholine rings is 1. The van der Waals surface area contributed by atoms with E-state index in [4.69, 9.17) is 18.6 Å². The fraction of sp³-hybridized carbons (Fsp3) is 0.333. The molecule has 0 atom stereocenters. The van der Waals surface area contributed by atoms with E-state index < -0.39 is 35.1 Å². The lowest BCUT2D eigenvalue weighted by Crippen LogP contribution is -2.43. The predicted octanol–water partition coefficient (Wildman–Crippen LogP) is 1.31.